The number of H-pyrrole nitrogens is 1. The van der Waals surface area contributed by atoms with Crippen molar-refractivity contribution in [3.05, 3.63) is 98.2 Å². The standard InChI is InChI=1S/C28H23N7O/c1-5-19-10-16(2)22(13-30-19)24-12-18-11-20(36-28-29-9-8-17(3)34-28)6-7-21(18)23-14-31-26-25(23)27(35(24)4)33-15-32-26/h1,6,8-13,15H,7,14H2,2-4H3,(H,31,32,33). The summed E-state index contributed by atoms with van der Waals surface area (Å²) in [4.78, 5) is 25.8. The van der Waals surface area contributed by atoms with Crippen molar-refractivity contribution >= 4 is 6.08 Å². The molecule has 8 nitrogen and oxygen atoms in total. The molecular formula is C28H23N7O. The van der Waals surface area contributed by atoms with Crippen LogP contribution < -0.4 is 15.4 Å². The molecule has 0 fully saturated rings. The Morgan fingerprint density at radius 1 is 1.14 bits per heavy atom. The molecule has 36 heavy (non-hydrogen) atoms. The van der Waals surface area contributed by atoms with Crippen molar-refractivity contribution in [2.45, 2.75) is 26.8 Å². The molecule has 5 heterocycles. The number of terminal acetylenes is 1. The van der Waals surface area contributed by atoms with Crippen LogP contribution in [0.5, 0.6) is 6.01 Å². The van der Waals surface area contributed by atoms with Gasteiger partial charge in [-0.3, -0.25) is 4.99 Å². The third kappa shape index (κ3) is 3.62. The maximum atomic E-state index is 6.05. The summed E-state index contributed by atoms with van der Waals surface area (Å²) >= 11 is 0. The number of aryl methyl sites for hydroxylation is 2. The first-order valence-corrected chi connectivity index (χ1v) is 11.6. The lowest BCUT2D eigenvalue weighted by Gasteiger charge is -2.16. The molecule has 0 unspecified atom stereocenters. The molecule has 3 aliphatic heterocycles. The zero-order chi connectivity index (χ0) is 24.8. The SMILES string of the molecule is C#Cc1cc(C)c(-c2cc3c(c4c5c([nH]cnc=5n2C)=NC4)CC=C(Oc2nccc(C)n2)C=3)cn1. The zero-order valence-electron chi connectivity index (χ0n) is 20.2. The van der Waals surface area contributed by atoms with E-state index in [-0.39, 0.29) is 0 Å². The van der Waals surface area contributed by atoms with Crippen molar-refractivity contribution in [3.63, 3.8) is 0 Å². The molecule has 176 valence electrons. The van der Waals surface area contributed by atoms with E-state index in [4.69, 9.17) is 21.1 Å². The van der Waals surface area contributed by atoms with Crippen LogP contribution in [0.4, 0.5) is 0 Å². The van der Waals surface area contributed by atoms with Crippen molar-refractivity contribution in [1.29, 1.82) is 0 Å². The fraction of sp³-hybridized carbons (Fsp3) is 0.179. The van der Waals surface area contributed by atoms with Crippen LogP contribution >= 0.6 is 0 Å². The summed E-state index contributed by atoms with van der Waals surface area (Å²) in [6.45, 7) is 4.55. The van der Waals surface area contributed by atoms with E-state index in [0.717, 1.165) is 49.5 Å². The number of pyridine rings is 1. The van der Waals surface area contributed by atoms with Gasteiger partial charge in [0, 0.05) is 30.7 Å². The Kier molecular flexibility index (Phi) is 5.11. The topological polar surface area (TPSA) is 93.9 Å². The minimum Gasteiger partial charge on any atom is -0.425 e. The van der Waals surface area contributed by atoms with Crippen LogP contribution in [-0.4, -0.2) is 29.5 Å². The van der Waals surface area contributed by atoms with Gasteiger partial charge < -0.3 is 14.3 Å². The van der Waals surface area contributed by atoms with Gasteiger partial charge in [-0.25, -0.2) is 19.9 Å². The van der Waals surface area contributed by atoms with E-state index >= 15 is 0 Å². The molecule has 1 aliphatic carbocycles. The molecule has 0 spiro atoms. The van der Waals surface area contributed by atoms with Gasteiger partial charge in [0.25, 0.3) is 0 Å². The Hall–Kier alpha value is -4.77. The van der Waals surface area contributed by atoms with E-state index in [0.29, 0.717) is 30.4 Å². The van der Waals surface area contributed by atoms with Crippen LogP contribution in [0.15, 0.2) is 53.7 Å². The average Bonchev–Trinajstić information content (AvgIpc) is 3.31. The fourth-order valence-corrected chi connectivity index (χ4v) is 4.75. The van der Waals surface area contributed by atoms with Crippen molar-refractivity contribution in [1.82, 2.24) is 29.5 Å². The Morgan fingerprint density at radius 3 is 2.83 bits per heavy atom. The number of aromatic nitrogens is 6. The molecule has 2 aromatic rings. The maximum absolute atomic E-state index is 6.05. The number of hydrogen-bond acceptors (Lipinski definition) is 6. The second kappa shape index (κ2) is 8.47. The smallest absolute Gasteiger partial charge is 0.322 e. The van der Waals surface area contributed by atoms with Crippen molar-refractivity contribution in [2.24, 2.45) is 12.0 Å². The first-order valence-electron chi connectivity index (χ1n) is 11.6. The number of ether oxygens (including phenoxy) is 1. The summed E-state index contributed by atoms with van der Waals surface area (Å²) in [6, 6.07) is 6.26. The highest BCUT2D eigenvalue weighted by Crippen LogP contribution is 2.24. The minimum absolute atomic E-state index is 0.327. The molecular weight excluding hydrogens is 450 g/mol. The van der Waals surface area contributed by atoms with E-state index in [1.807, 2.05) is 45.3 Å². The van der Waals surface area contributed by atoms with Crippen molar-refractivity contribution in [2.75, 3.05) is 0 Å². The van der Waals surface area contributed by atoms with Crippen LogP contribution in [0.25, 0.3) is 17.3 Å². The first-order chi connectivity index (χ1) is 17.5. The number of hydrogen-bond donors (Lipinski definition) is 1. The van der Waals surface area contributed by atoms with Crippen LogP contribution in [0, 0.1) is 36.9 Å². The minimum atomic E-state index is 0.327. The Morgan fingerprint density at radius 2 is 2.03 bits per heavy atom. The number of rotatable bonds is 3. The number of fused-ring (bicyclic) bond motifs is 2. The molecule has 4 aliphatic rings. The molecule has 0 radical (unpaired) electrons. The van der Waals surface area contributed by atoms with Crippen molar-refractivity contribution < 1.29 is 4.74 Å². The molecule has 2 aromatic heterocycles. The molecule has 0 bridgehead atoms. The second-order valence-corrected chi connectivity index (χ2v) is 8.83. The normalized spacial score (nSPS) is 13.2. The summed E-state index contributed by atoms with van der Waals surface area (Å²) in [5.41, 5.74) is 8.44. The number of nitrogens with one attached hydrogen (secondary N) is 1. The van der Waals surface area contributed by atoms with Gasteiger partial charge in [-0.05, 0) is 72.5 Å². The Labute approximate surface area is 207 Å². The van der Waals surface area contributed by atoms with Crippen LogP contribution in [0.1, 0.15) is 28.1 Å². The molecule has 0 saturated carbocycles. The lowest BCUT2D eigenvalue weighted by Crippen LogP contribution is -2.20. The summed E-state index contributed by atoms with van der Waals surface area (Å²) in [7, 11) is 2.02. The predicted molar refractivity (Wildman–Crippen MR) is 135 cm³/mol. The van der Waals surface area contributed by atoms with Gasteiger partial charge in [-0.15, -0.1) is 6.42 Å². The summed E-state index contributed by atoms with van der Waals surface area (Å²) in [5, 5.41) is 2.06. The maximum Gasteiger partial charge on any atom is 0.322 e. The zero-order valence-corrected chi connectivity index (χ0v) is 20.2. The third-order valence-corrected chi connectivity index (χ3v) is 6.55. The van der Waals surface area contributed by atoms with E-state index < -0.39 is 0 Å². The first kappa shape index (κ1) is 21.7. The molecule has 0 aromatic carbocycles. The molecule has 0 atom stereocenters. The van der Waals surface area contributed by atoms with Gasteiger partial charge in [0.1, 0.15) is 22.4 Å². The largest absolute Gasteiger partial charge is 0.425 e. The van der Waals surface area contributed by atoms with Gasteiger partial charge in [-0.2, -0.15) is 0 Å². The summed E-state index contributed by atoms with van der Waals surface area (Å²) < 4.78 is 8.14. The lowest BCUT2D eigenvalue weighted by molar-refractivity contribution is 0.410. The Bertz CT molecular complexity index is 1870. The highest BCUT2D eigenvalue weighted by Gasteiger charge is 2.18. The third-order valence-electron chi connectivity index (χ3n) is 6.55. The van der Waals surface area contributed by atoms with Gasteiger partial charge in [0.15, 0.2) is 0 Å². The van der Waals surface area contributed by atoms with E-state index in [1.165, 1.54) is 5.56 Å². The Balaban J connectivity index is 1.66. The molecule has 6 rings (SSSR count). The van der Waals surface area contributed by atoms with E-state index in [2.05, 4.69) is 42.6 Å². The monoisotopic (exact) mass is 473 g/mol. The lowest BCUT2D eigenvalue weighted by atomic mass is 9.97. The predicted octanol–water partition coefficient (Wildman–Crippen LogP) is 2.48. The highest BCUT2D eigenvalue weighted by atomic mass is 16.5. The number of aromatic amines is 1. The molecule has 8 heteroatoms. The van der Waals surface area contributed by atoms with Crippen molar-refractivity contribution in [3.8, 4) is 29.6 Å². The quantitative estimate of drug-likeness (QED) is 0.462. The summed E-state index contributed by atoms with van der Waals surface area (Å²) in [6.07, 6.45) is 15.6. The number of nitrogens with zero attached hydrogens (tertiary/aromatic N) is 6. The second-order valence-electron chi connectivity index (χ2n) is 8.83. The van der Waals surface area contributed by atoms with Crippen LogP contribution in [-0.2, 0) is 20.0 Å². The van der Waals surface area contributed by atoms with E-state index in [1.54, 1.807) is 12.5 Å². The van der Waals surface area contributed by atoms with Gasteiger partial charge in [-0.1, -0.05) is 5.92 Å². The van der Waals surface area contributed by atoms with E-state index in [9.17, 15) is 0 Å². The molecule has 0 amide bonds. The number of allylic oxidation sites excluding steroid dienone is 2. The van der Waals surface area contributed by atoms with Gasteiger partial charge in [0.05, 0.1) is 23.8 Å². The van der Waals surface area contributed by atoms with Crippen LogP contribution in [0.2, 0.25) is 0 Å². The highest BCUT2D eigenvalue weighted by molar-refractivity contribution is 5.65. The average molecular weight is 474 g/mol. The van der Waals surface area contributed by atoms with Gasteiger partial charge in [0.2, 0.25) is 0 Å². The molecule has 1 N–H and O–H groups in total. The fourth-order valence-electron chi connectivity index (χ4n) is 4.75. The summed E-state index contributed by atoms with van der Waals surface area (Å²) in [5.74, 6) is 3.32. The van der Waals surface area contributed by atoms with Crippen LogP contribution in [0.3, 0.4) is 0 Å². The molecule has 0 saturated heterocycles. The van der Waals surface area contributed by atoms with Gasteiger partial charge >= 0.3 is 6.01 Å².